The minimum atomic E-state index is -0.270. The number of fused-ring (bicyclic) bond motifs is 1. The molecule has 1 aliphatic rings. The molecular weight excluding hydrogens is 212 g/mol. The van der Waals surface area contributed by atoms with Crippen LogP contribution in [0.5, 0.6) is 0 Å². The summed E-state index contributed by atoms with van der Waals surface area (Å²) < 4.78 is 2.23. The molecule has 17 heavy (non-hydrogen) atoms. The van der Waals surface area contributed by atoms with Gasteiger partial charge in [-0.25, -0.2) is 0 Å². The average Bonchev–Trinajstić information content (AvgIpc) is 2.76. The highest BCUT2D eigenvalue weighted by Crippen LogP contribution is 2.30. The molecule has 3 nitrogen and oxygen atoms in total. The lowest BCUT2D eigenvalue weighted by Gasteiger charge is -2.20. The quantitative estimate of drug-likeness (QED) is 0.856. The number of rotatable bonds is 2. The predicted molar refractivity (Wildman–Crippen MR) is 65.7 cm³/mol. The van der Waals surface area contributed by atoms with E-state index < -0.39 is 0 Å². The maximum atomic E-state index is 9.92. The lowest BCUT2D eigenvalue weighted by Crippen LogP contribution is -2.12. The molecule has 1 N–H and O–H groups in total. The van der Waals surface area contributed by atoms with E-state index in [1.54, 1.807) is 6.20 Å². The minimum absolute atomic E-state index is 0.270. The average molecular weight is 228 g/mol. The van der Waals surface area contributed by atoms with Gasteiger partial charge in [0, 0.05) is 36.4 Å². The molecule has 0 bridgehead atoms. The van der Waals surface area contributed by atoms with Gasteiger partial charge in [0.1, 0.15) is 0 Å². The summed E-state index contributed by atoms with van der Waals surface area (Å²) in [6.45, 7) is 0.843. The highest BCUT2D eigenvalue weighted by Gasteiger charge is 2.20. The fourth-order valence-electron chi connectivity index (χ4n) is 2.57. The van der Waals surface area contributed by atoms with Gasteiger partial charge in [0.05, 0.1) is 6.10 Å². The molecule has 0 saturated heterocycles. The predicted octanol–water partition coefficient (Wildman–Crippen LogP) is 2.30. The van der Waals surface area contributed by atoms with E-state index in [0.29, 0.717) is 0 Å². The van der Waals surface area contributed by atoms with Crippen molar-refractivity contribution in [3.63, 3.8) is 0 Å². The van der Waals surface area contributed by atoms with E-state index in [2.05, 4.69) is 27.9 Å². The van der Waals surface area contributed by atoms with Gasteiger partial charge >= 0.3 is 0 Å². The van der Waals surface area contributed by atoms with E-state index in [9.17, 15) is 5.11 Å². The van der Waals surface area contributed by atoms with Crippen molar-refractivity contribution in [3.05, 3.63) is 53.6 Å². The first-order valence-electron chi connectivity index (χ1n) is 6.09. The molecule has 0 amide bonds. The molecule has 0 aliphatic heterocycles. The Hall–Kier alpha value is -1.61. The fraction of sp³-hybridized carbons (Fsp3) is 0.357. The van der Waals surface area contributed by atoms with E-state index in [4.69, 9.17) is 0 Å². The van der Waals surface area contributed by atoms with Crippen molar-refractivity contribution in [2.75, 3.05) is 0 Å². The van der Waals surface area contributed by atoms with Crippen molar-refractivity contribution in [2.24, 2.45) is 0 Å². The maximum Gasteiger partial charge on any atom is 0.0807 e. The second-order valence-corrected chi connectivity index (χ2v) is 4.61. The van der Waals surface area contributed by atoms with Crippen molar-refractivity contribution in [1.82, 2.24) is 9.55 Å². The molecular formula is C14H16N2O. The van der Waals surface area contributed by atoms with Gasteiger partial charge in [-0.2, -0.15) is 0 Å². The van der Waals surface area contributed by atoms with Crippen molar-refractivity contribution in [1.29, 1.82) is 0 Å². The van der Waals surface area contributed by atoms with Crippen LogP contribution in [0.4, 0.5) is 0 Å². The van der Waals surface area contributed by atoms with Crippen LogP contribution in [0.25, 0.3) is 0 Å². The molecule has 0 radical (unpaired) electrons. The monoisotopic (exact) mass is 228 g/mol. The third-order valence-electron chi connectivity index (χ3n) is 3.44. The number of aliphatic hydroxyl groups excluding tert-OH is 1. The first kappa shape index (κ1) is 10.5. The van der Waals surface area contributed by atoms with Gasteiger partial charge in [-0.15, -0.1) is 0 Å². The minimum Gasteiger partial charge on any atom is -0.388 e. The van der Waals surface area contributed by atoms with Crippen LogP contribution < -0.4 is 0 Å². The van der Waals surface area contributed by atoms with Crippen molar-refractivity contribution in [2.45, 2.75) is 31.9 Å². The Morgan fingerprint density at radius 2 is 2.35 bits per heavy atom. The zero-order valence-electron chi connectivity index (χ0n) is 9.71. The van der Waals surface area contributed by atoms with Crippen LogP contribution in [-0.4, -0.2) is 14.7 Å². The van der Waals surface area contributed by atoms with E-state index in [-0.39, 0.29) is 6.10 Å². The van der Waals surface area contributed by atoms with Crippen molar-refractivity contribution < 1.29 is 5.11 Å². The van der Waals surface area contributed by atoms with Crippen LogP contribution in [0.1, 0.15) is 35.8 Å². The number of aliphatic hydroxyl groups is 1. The summed E-state index contributed by atoms with van der Waals surface area (Å²) >= 11 is 0. The van der Waals surface area contributed by atoms with Crippen molar-refractivity contribution in [3.8, 4) is 0 Å². The second kappa shape index (κ2) is 4.34. The SMILES string of the molecule is OC1CCCc2c1ccn2Cc1cccnc1. The Balaban J connectivity index is 1.90. The Morgan fingerprint density at radius 3 is 3.18 bits per heavy atom. The molecule has 1 aliphatic carbocycles. The standard InChI is InChI=1S/C14H16N2O/c17-14-5-1-4-13-12(14)6-8-16(13)10-11-3-2-7-15-9-11/h2-3,6-9,14,17H,1,4-5,10H2. The lowest BCUT2D eigenvalue weighted by atomic mass is 9.95. The Kier molecular flexibility index (Phi) is 2.69. The Labute approximate surface area is 101 Å². The molecule has 2 heterocycles. The summed E-state index contributed by atoms with van der Waals surface area (Å²) in [5, 5.41) is 9.92. The van der Waals surface area contributed by atoms with E-state index >= 15 is 0 Å². The molecule has 3 heteroatoms. The topological polar surface area (TPSA) is 38.0 Å². The first-order valence-corrected chi connectivity index (χ1v) is 6.09. The number of hydrogen-bond acceptors (Lipinski definition) is 2. The Bertz CT molecular complexity index is 504. The van der Waals surface area contributed by atoms with Crippen LogP contribution >= 0.6 is 0 Å². The van der Waals surface area contributed by atoms with Crippen LogP contribution in [0.3, 0.4) is 0 Å². The summed E-state index contributed by atoms with van der Waals surface area (Å²) in [5.41, 5.74) is 3.60. The number of nitrogens with zero attached hydrogens (tertiary/aromatic N) is 2. The molecule has 2 aromatic rings. The number of aromatic nitrogens is 2. The molecule has 0 saturated carbocycles. The summed E-state index contributed by atoms with van der Waals surface area (Å²) in [5.74, 6) is 0. The van der Waals surface area contributed by atoms with Gasteiger partial charge in [-0.3, -0.25) is 4.98 Å². The molecule has 2 aromatic heterocycles. The first-order chi connectivity index (χ1) is 8.34. The van der Waals surface area contributed by atoms with Gasteiger partial charge in [0.25, 0.3) is 0 Å². The third-order valence-corrected chi connectivity index (χ3v) is 3.44. The largest absolute Gasteiger partial charge is 0.388 e. The zero-order chi connectivity index (χ0) is 11.7. The molecule has 0 aromatic carbocycles. The summed E-state index contributed by atoms with van der Waals surface area (Å²) in [7, 11) is 0. The molecule has 88 valence electrons. The highest BCUT2D eigenvalue weighted by atomic mass is 16.3. The number of hydrogen-bond donors (Lipinski definition) is 1. The smallest absolute Gasteiger partial charge is 0.0807 e. The normalized spacial score (nSPS) is 19.0. The van der Waals surface area contributed by atoms with E-state index in [1.165, 1.54) is 11.3 Å². The van der Waals surface area contributed by atoms with Gasteiger partial charge in [0.2, 0.25) is 0 Å². The van der Waals surface area contributed by atoms with Gasteiger partial charge in [-0.1, -0.05) is 6.07 Å². The molecule has 3 rings (SSSR count). The van der Waals surface area contributed by atoms with E-state index in [0.717, 1.165) is 31.4 Å². The summed E-state index contributed by atoms with van der Waals surface area (Å²) in [6, 6.07) is 6.09. The molecule has 0 fully saturated rings. The van der Waals surface area contributed by atoms with Crippen LogP contribution in [-0.2, 0) is 13.0 Å². The van der Waals surface area contributed by atoms with Gasteiger partial charge in [-0.05, 0) is 37.0 Å². The second-order valence-electron chi connectivity index (χ2n) is 4.61. The van der Waals surface area contributed by atoms with Gasteiger partial charge in [0.15, 0.2) is 0 Å². The van der Waals surface area contributed by atoms with Crippen molar-refractivity contribution >= 4 is 0 Å². The third kappa shape index (κ3) is 1.98. The summed E-state index contributed by atoms with van der Waals surface area (Å²) in [6.07, 6.45) is 8.53. The number of pyridine rings is 1. The highest BCUT2D eigenvalue weighted by molar-refractivity contribution is 5.28. The van der Waals surface area contributed by atoms with Crippen LogP contribution in [0.15, 0.2) is 36.8 Å². The summed E-state index contributed by atoms with van der Waals surface area (Å²) in [4.78, 5) is 4.13. The van der Waals surface area contributed by atoms with Crippen LogP contribution in [0, 0.1) is 0 Å². The van der Waals surface area contributed by atoms with Gasteiger partial charge < -0.3 is 9.67 Å². The fourth-order valence-corrected chi connectivity index (χ4v) is 2.57. The van der Waals surface area contributed by atoms with Crippen LogP contribution in [0.2, 0.25) is 0 Å². The molecule has 1 atom stereocenters. The lowest BCUT2D eigenvalue weighted by molar-refractivity contribution is 0.156. The Morgan fingerprint density at radius 1 is 1.41 bits per heavy atom. The van der Waals surface area contributed by atoms with E-state index in [1.807, 2.05) is 12.3 Å². The zero-order valence-corrected chi connectivity index (χ0v) is 9.71. The maximum absolute atomic E-state index is 9.92. The molecule has 1 unspecified atom stereocenters. The molecule has 0 spiro atoms.